The summed E-state index contributed by atoms with van der Waals surface area (Å²) in [5.74, 6) is -1.96. The molecular weight excluding hydrogens is 314 g/mol. The van der Waals surface area contributed by atoms with Crippen LogP contribution in [-0.2, 0) is 4.74 Å². The maximum atomic E-state index is 11.9. The highest BCUT2D eigenvalue weighted by Crippen LogP contribution is 2.37. The first-order valence-corrected chi connectivity index (χ1v) is 6.17. The number of aromatic nitrogens is 1. The second kappa shape index (κ2) is 5.71. The van der Waals surface area contributed by atoms with Gasteiger partial charge in [0.25, 0.3) is 5.56 Å². The maximum absolute atomic E-state index is 11.9. The summed E-state index contributed by atoms with van der Waals surface area (Å²) in [5, 5.41) is 31.7. The van der Waals surface area contributed by atoms with Gasteiger partial charge in [0.15, 0.2) is 5.56 Å². The summed E-state index contributed by atoms with van der Waals surface area (Å²) in [7, 11) is 0. The van der Waals surface area contributed by atoms with Crippen LogP contribution in [0.15, 0.2) is 16.9 Å². The summed E-state index contributed by atoms with van der Waals surface area (Å²) < 4.78 is 4.62. The number of ether oxygens (including phenoxy) is 1. The molecule has 0 saturated heterocycles. The number of aromatic hydroxyl groups is 1. The minimum Gasteiger partial charge on any atom is -0.506 e. The minimum absolute atomic E-state index is 0.0594. The summed E-state index contributed by atoms with van der Waals surface area (Å²) >= 11 is 0. The van der Waals surface area contributed by atoms with E-state index in [1.54, 1.807) is 0 Å². The largest absolute Gasteiger partial charge is 0.506 e. The molecule has 1 aromatic carbocycles. The van der Waals surface area contributed by atoms with Crippen LogP contribution in [-0.4, -0.2) is 32.5 Å². The van der Waals surface area contributed by atoms with E-state index in [-0.39, 0.29) is 12.0 Å². The molecule has 0 aliphatic rings. The van der Waals surface area contributed by atoms with Gasteiger partial charge in [-0.15, -0.1) is 0 Å². The molecule has 0 fully saturated rings. The molecule has 0 atom stereocenters. The molecule has 2 N–H and O–H groups in total. The second-order valence-electron chi connectivity index (χ2n) is 4.27. The van der Waals surface area contributed by atoms with Gasteiger partial charge in [-0.1, -0.05) is 0 Å². The Balaban J connectivity index is 2.92. The number of pyridine rings is 1. The molecule has 120 valence electrons. The zero-order valence-electron chi connectivity index (χ0n) is 11.6. The first-order valence-electron chi connectivity index (χ1n) is 6.17. The Bertz CT molecular complexity index is 901. The lowest BCUT2D eigenvalue weighted by atomic mass is 10.1. The Morgan fingerprint density at radius 2 is 1.96 bits per heavy atom. The zero-order chi connectivity index (χ0) is 17.3. The van der Waals surface area contributed by atoms with Crippen LogP contribution in [0.25, 0.3) is 10.9 Å². The van der Waals surface area contributed by atoms with E-state index in [1.807, 2.05) is 4.98 Å². The van der Waals surface area contributed by atoms with E-state index in [0.717, 1.165) is 12.1 Å². The van der Waals surface area contributed by atoms with E-state index < -0.39 is 49.6 Å². The lowest BCUT2D eigenvalue weighted by Crippen LogP contribution is -2.20. The number of rotatable bonds is 4. The number of nitrogens with zero attached hydrogens (tertiary/aromatic N) is 2. The van der Waals surface area contributed by atoms with Gasteiger partial charge in [0, 0.05) is 11.5 Å². The number of hydrogen-bond acceptors (Lipinski definition) is 8. The predicted octanol–water partition coefficient (Wildman–Crippen LogP) is 1.23. The van der Waals surface area contributed by atoms with Crippen molar-refractivity contribution in [2.75, 3.05) is 6.61 Å². The predicted molar refractivity (Wildman–Crippen MR) is 75.5 cm³/mol. The zero-order valence-corrected chi connectivity index (χ0v) is 11.6. The van der Waals surface area contributed by atoms with Gasteiger partial charge in [-0.25, -0.2) is 4.79 Å². The molecule has 0 aliphatic heterocycles. The van der Waals surface area contributed by atoms with Crippen molar-refractivity contribution in [1.82, 2.24) is 4.98 Å². The second-order valence-corrected chi connectivity index (χ2v) is 4.27. The average Bonchev–Trinajstić information content (AvgIpc) is 2.45. The van der Waals surface area contributed by atoms with Crippen molar-refractivity contribution in [3.63, 3.8) is 0 Å². The SMILES string of the molecule is CCOC(=O)c1c(O)c2ccc([N+](=O)[O-])c([N+](=O)[O-])c2[nH]c1=O. The molecule has 1 heterocycles. The first kappa shape index (κ1) is 15.9. The Kier molecular flexibility index (Phi) is 3.94. The number of nitro benzene ring substituents is 2. The van der Waals surface area contributed by atoms with Crippen LogP contribution >= 0.6 is 0 Å². The highest BCUT2D eigenvalue weighted by Gasteiger charge is 2.31. The van der Waals surface area contributed by atoms with Gasteiger partial charge in [-0.2, -0.15) is 0 Å². The fraction of sp³-hybridized carbons (Fsp3) is 0.167. The maximum Gasteiger partial charge on any atom is 0.370 e. The highest BCUT2D eigenvalue weighted by molar-refractivity contribution is 6.02. The molecule has 2 rings (SSSR count). The molecular formula is C12H9N3O8. The van der Waals surface area contributed by atoms with Crippen molar-refractivity contribution < 1.29 is 24.5 Å². The fourth-order valence-corrected chi connectivity index (χ4v) is 2.05. The van der Waals surface area contributed by atoms with E-state index in [2.05, 4.69) is 4.74 Å². The average molecular weight is 323 g/mol. The topological polar surface area (TPSA) is 166 Å². The Morgan fingerprint density at radius 1 is 1.30 bits per heavy atom. The minimum atomic E-state index is -1.16. The first-order chi connectivity index (χ1) is 10.8. The summed E-state index contributed by atoms with van der Waals surface area (Å²) in [5.41, 5.74) is -4.30. The normalized spacial score (nSPS) is 10.5. The molecule has 11 nitrogen and oxygen atoms in total. The molecule has 1 aromatic heterocycles. The Morgan fingerprint density at radius 3 is 2.48 bits per heavy atom. The molecule has 0 saturated carbocycles. The van der Waals surface area contributed by atoms with E-state index in [1.165, 1.54) is 6.92 Å². The molecule has 0 radical (unpaired) electrons. The monoisotopic (exact) mass is 323 g/mol. The highest BCUT2D eigenvalue weighted by atomic mass is 16.6. The summed E-state index contributed by atoms with van der Waals surface area (Å²) in [6.07, 6.45) is 0. The van der Waals surface area contributed by atoms with Crippen LogP contribution in [0.3, 0.4) is 0 Å². The Hall–Kier alpha value is -3.50. The van der Waals surface area contributed by atoms with Crippen LogP contribution in [0.4, 0.5) is 11.4 Å². The number of benzene rings is 1. The number of H-pyrrole nitrogens is 1. The standard InChI is InChI=1S/C12H9N3O8/c1-2-23-12(18)7-10(16)5-3-4-6(14(19)20)9(15(21)22)8(5)13-11(7)17/h3-4H,2H2,1H3,(H2,13,16,17). The third-order valence-electron chi connectivity index (χ3n) is 2.97. The molecule has 0 unspecified atom stereocenters. The number of carbonyl (C=O) groups excluding carboxylic acids is 1. The number of nitrogens with one attached hydrogen (secondary N) is 1. The van der Waals surface area contributed by atoms with E-state index in [9.17, 15) is 34.9 Å². The molecule has 0 bridgehead atoms. The number of aromatic amines is 1. The molecule has 0 spiro atoms. The fourth-order valence-electron chi connectivity index (χ4n) is 2.05. The van der Waals surface area contributed by atoms with Crippen molar-refractivity contribution in [1.29, 1.82) is 0 Å². The van der Waals surface area contributed by atoms with Gasteiger partial charge in [-0.3, -0.25) is 25.0 Å². The third kappa shape index (κ3) is 2.54. The Labute approximate surface area is 126 Å². The van der Waals surface area contributed by atoms with Crippen molar-refractivity contribution in [3.8, 4) is 5.75 Å². The van der Waals surface area contributed by atoms with Gasteiger partial charge >= 0.3 is 17.3 Å². The number of carbonyl (C=O) groups is 1. The smallest absolute Gasteiger partial charge is 0.370 e. The molecule has 0 aliphatic carbocycles. The number of fused-ring (bicyclic) bond motifs is 1. The molecule has 23 heavy (non-hydrogen) atoms. The molecule has 0 amide bonds. The van der Waals surface area contributed by atoms with Crippen molar-refractivity contribution >= 4 is 28.2 Å². The summed E-state index contributed by atoms with van der Waals surface area (Å²) in [4.78, 5) is 45.5. The van der Waals surface area contributed by atoms with Gasteiger partial charge in [0.05, 0.1) is 16.5 Å². The van der Waals surface area contributed by atoms with Crippen LogP contribution in [0, 0.1) is 20.2 Å². The van der Waals surface area contributed by atoms with Crippen LogP contribution < -0.4 is 5.56 Å². The summed E-state index contributed by atoms with van der Waals surface area (Å²) in [6, 6.07) is 1.79. The lowest BCUT2D eigenvalue weighted by molar-refractivity contribution is -0.421. The van der Waals surface area contributed by atoms with Crippen LogP contribution in [0.1, 0.15) is 17.3 Å². The van der Waals surface area contributed by atoms with Crippen LogP contribution in [0.2, 0.25) is 0 Å². The number of esters is 1. The van der Waals surface area contributed by atoms with E-state index in [0.29, 0.717) is 0 Å². The van der Waals surface area contributed by atoms with E-state index >= 15 is 0 Å². The van der Waals surface area contributed by atoms with E-state index in [4.69, 9.17) is 0 Å². The van der Waals surface area contributed by atoms with Crippen molar-refractivity contribution in [3.05, 3.63) is 48.3 Å². The quantitative estimate of drug-likeness (QED) is 0.481. The van der Waals surface area contributed by atoms with Gasteiger partial charge in [0.2, 0.25) is 0 Å². The number of hydrogen-bond donors (Lipinski definition) is 2. The van der Waals surface area contributed by atoms with Crippen LogP contribution in [0.5, 0.6) is 5.75 Å². The van der Waals surface area contributed by atoms with Gasteiger partial charge in [0.1, 0.15) is 11.3 Å². The summed E-state index contributed by atoms with van der Waals surface area (Å²) in [6.45, 7) is 1.43. The number of nitro groups is 2. The molecule has 2 aromatic rings. The van der Waals surface area contributed by atoms with Gasteiger partial charge < -0.3 is 14.8 Å². The lowest BCUT2D eigenvalue weighted by Gasteiger charge is -2.07. The molecule has 11 heteroatoms. The van der Waals surface area contributed by atoms with Crippen molar-refractivity contribution in [2.45, 2.75) is 6.92 Å². The third-order valence-corrected chi connectivity index (χ3v) is 2.97. The van der Waals surface area contributed by atoms with Crippen molar-refractivity contribution in [2.24, 2.45) is 0 Å². The van der Waals surface area contributed by atoms with Gasteiger partial charge in [-0.05, 0) is 13.0 Å².